The van der Waals surface area contributed by atoms with Gasteiger partial charge >= 0.3 is 28.6 Å². The van der Waals surface area contributed by atoms with Crippen LogP contribution in [0.1, 0.15) is 177 Å². The second kappa shape index (κ2) is 19.0. The minimum atomic E-state index is -4.69. The number of hydrogen-bond donors (Lipinski definition) is 1. The number of nitrogens with one attached hydrogen (secondary N) is 1. The van der Waals surface area contributed by atoms with Crippen molar-refractivity contribution >= 4 is 28.6 Å². The molecule has 18 heteroatoms. The van der Waals surface area contributed by atoms with Crippen molar-refractivity contribution in [3.05, 3.63) is 11.8 Å². The molecule has 4 atom stereocenters. The van der Waals surface area contributed by atoms with E-state index in [1.54, 1.807) is 46.6 Å². The van der Waals surface area contributed by atoms with E-state index in [1.165, 1.54) is 9.80 Å². The van der Waals surface area contributed by atoms with Gasteiger partial charge in [0.25, 0.3) is 0 Å². The Kier molecular flexibility index (Phi) is 15.4. The minimum absolute atomic E-state index is 0.113. The third-order valence-corrected chi connectivity index (χ3v) is 11.0. The van der Waals surface area contributed by atoms with Gasteiger partial charge in [-0.05, 0) is 86.5 Å². The van der Waals surface area contributed by atoms with E-state index in [4.69, 9.17) is 22.5 Å². The molecule has 0 aromatic carbocycles. The Morgan fingerprint density at radius 1 is 0.839 bits per heavy atom. The summed E-state index contributed by atoms with van der Waals surface area (Å²) in [5.74, 6) is 0.258. The van der Waals surface area contributed by atoms with Gasteiger partial charge in [0.2, 0.25) is 11.8 Å². The van der Waals surface area contributed by atoms with Crippen molar-refractivity contribution in [1.29, 1.82) is 0 Å². The lowest BCUT2D eigenvalue weighted by Gasteiger charge is -2.43. The zero-order chi connectivity index (χ0) is 41.5. The smallest absolute Gasteiger partial charge is 0.437 e. The first-order valence-electron chi connectivity index (χ1n) is 20.6. The number of ether oxygens (including phenoxy) is 2. The van der Waals surface area contributed by atoms with E-state index in [2.05, 4.69) is 43.2 Å². The summed E-state index contributed by atoms with van der Waals surface area (Å²) >= 11 is 0. The molecule has 3 fully saturated rings. The summed E-state index contributed by atoms with van der Waals surface area (Å²) in [5, 5.41) is 13.9. The van der Waals surface area contributed by atoms with E-state index in [0.717, 1.165) is 69.3 Å². The number of fused-ring (bicyclic) bond motifs is 2. The number of urea groups is 1. The molecule has 1 N–H and O–H groups in total. The van der Waals surface area contributed by atoms with Gasteiger partial charge in [0.05, 0.1) is 12.1 Å². The highest BCUT2D eigenvalue weighted by Gasteiger charge is 2.51. The summed E-state index contributed by atoms with van der Waals surface area (Å²) < 4.78 is 56.1. The highest BCUT2D eigenvalue weighted by molar-refractivity contribution is 7.81. The largest absolute Gasteiger partial charge is 0.444 e. The van der Waals surface area contributed by atoms with Crippen LogP contribution in [0.2, 0.25) is 0 Å². The molecule has 4 heterocycles. The van der Waals surface area contributed by atoms with E-state index < -0.39 is 69.5 Å². The molecule has 3 aliphatic rings. The lowest BCUT2D eigenvalue weighted by atomic mass is 9.82. The van der Waals surface area contributed by atoms with Crippen LogP contribution < -0.4 is 5.32 Å². The van der Waals surface area contributed by atoms with Crippen LogP contribution in [0.25, 0.3) is 0 Å². The third-order valence-electron chi connectivity index (χ3n) is 10.3. The van der Waals surface area contributed by atoms with Gasteiger partial charge < -0.3 is 24.1 Å². The molecule has 0 saturated carbocycles. The summed E-state index contributed by atoms with van der Waals surface area (Å²) in [6, 6.07) is -3.08. The third kappa shape index (κ3) is 11.9. The minimum Gasteiger partial charge on any atom is -0.444 e. The first-order valence-corrected chi connectivity index (χ1v) is 21.9. The molecule has 17 nitrogen and oxygen atoms in total. The Labute approximate surface area is 333 Å². The molecule has 1 aromatic rings. The fourth-order valence-electron chi connectivity index (χ4n) is 7.78. The molecule has 1 aromatic heterocycles. The number of hydrogen-bond acceptors (Lipinski definition) is 13. The molecule has 0 unspecified atom stereocenters. The zero-order valence-electron chi connectivity index (χ0n) is 35.3. The van der Waals surface area contributed by atoms with Crippen molar-refractivity contribution in [3.8, 4) is 0 Å². The van der Waals surface area contributed by atoms with Gasteiger partial charge in [-0.15, -0.1) is 14.5 Å². The molecule has 4 amide bonds. The predicted molar refractivity (Wildman–Crippen MR) is 207 cm³/mol. The molecular weight excluding hydrogens is 747 g/mol. The Balaban J connectivity index is 1.51. The van der Waals surface area contributed by atoms with Gasteiger partial charge in [-0.1, -0.05) is 66.2 Å². The summed E-state index contributed by atoms with van der Waals surface area (Å²) in [6.07, 6.45) is 8.45. The second-order valence-corrected chi connectivity index (χ2v) is 18.5. The van der Waals surface area contributed by atoms with Crippen LogP contribution in [0.15, 0.2) is 4.42 Å². The molecule has 0 spiro atoms. The van der Waals surface area contributed by atoms with Crippen LogP contribution in [0.3, 0.4) is 0 Å². The number of nitrogens with zero attached hydrogens (tertiary/aromatic N) is 6. The number of hydroxylamine groups is 4. The van der Waals surface area contributed by atoms with Gasteiger partial charge in [-0.2, -0.15) is 22.8 Å². The summed E-state index contributed by atoms with van der Waals surface area (Å²) in [6.45, 7) is 19.7. The Morgan fingerprint density at radius 3 is 2.02 bits per heavy atom. The highest BCUT2D eigenvalue weighted by Crippen LogP contribution is 2.41. The molecule has 0 radical (unpaired) electrons. The molecule has 56 heavy (non-hydrogen) atoms. The number of rotatable bonds is 19. The van der Waals surface area contributed by atoms with E-state index in [1.807, 2.05) is 0 Å². The molecular formula is C38H67N7O10S. The first kappa shape index (κ1) is 45.5. The molecule has 3 aliphatic heterocycles. The van der Waals surface area contributed by atoms with Gasteiger partial charge in [0.1, 0.15) is 23.3 Å². The van der Waals surface area contributed by atoms with E-state index in [0.29, 0.717) is 19.4 Å². The van der Waals surface area contributed by atoms with Crippen LogP contribution in [0.4, 0.5) is 14.4 Å². The van der Waals surface area contributed by atoms with Gasteiger partial charge in [0, 0.05) is 25.2 Å². The second-order valence-electron chi connectivity index (χ2n) is 17.4. The van der Waals surface area contributed by atoms with Crippen LogP contribution in [-0.2, 0) is 28.4 Å². The fraction of sp³-hybridized carbons (Fsp3) is 0.868. The lowest BCUT2D eigenvalue weighted by Crippen LogP contribution is -2.51. The van der Waals surface area contributed by atoms with Crippen molar-refractivity contribution in [1.82, 2.24) is 35.4 Å². The average Bonchev–Trinajstić information content (AvgIpc) is 3.81. The van der Waals surface area contributed by atoms with Crippen molar-refractivity contribution in [2.24, 2.45) is 0 Å². The average molecular weight is 814 g/mol. The number of piperidine rings is 1. The maximum absolute atomic E-state index is 13.9. The molecule has 2 bridgehead atoms. The number of likely N-dealkylation sites (tertiary alicyclic amines) is 1. The summed E-state index contributed by atoms with van der Waals surface area (Å²) in [4.78, 5) is 42.7. The Bertz CT molecular complexity index is 1570. The summed E-state index contributed by atoms with van der Waals surface area (Å²) in [5.41, 5.74) is -1.97. The molecule has 3 saturated heterocycles. The SMILES string of the molecule is CCCCN(OS(=O)(=O)ON1C(=O)N2C[C@@H]1CC[C@H]2c1nnc([C@H]2C[C@@H](NC(=O)OC(C)(C)C)CN2C(=O)OC(C)(C)C)o1)C(CCC)(CCCC)CCCC. The quantitative estimate of drug-likeness (QED) is 0.134. The van der Waals surface area contributed by atoms with Crippen LogP contribution in [-0.4, -0.2) is 105 Å². The number of amides is 4. The molecule has 0 aliphatic carbocycles. The Hall–Kier alpha value is -3.22. The van der Waals surface area contributed by atoms with Gasteiger partial charge in [0.15, 0.2) is 0 Å². The topological polar surface area (TPSA) is 186 Å². The number of alkyl carbamates (subject to hydrolysis) is 1. The Morgan fingerprint density at radius 2 is 1.45 bits per heavy atom. The number of carbonyl (C=O) groups excluding carboxylic acids is 3. The van der Waals surface area contributed by atoms with Crippen molar-refractivity contribution < 1.29 is 45.3 Å². The van der Waals surface area contributed by atoms with Crippen molar-refractivity contribution in [2.45, 2.75) is 194 Å². The van der Waals surface area contributed by atoms with E-state index in [-0.39, 0.29) is 31.3 Å². The number of aromatic nitrogens is 2. The summed E-state index contributed by atoms with van der Waals surface area (Å²) in [7, 11) is -4.69. The normalized spacial score (nSPS) is 22.0. The molecule has 320 valence electrons. The van der Waals surface area contributed by atoms with Crippen molar-refractivity contribution in [3.63, 3.8) is 0 Å². The predicted octanol–water partition coefficient (Wildman–Crippen LogP) is 7.72. The standard InChI is InChI=1S/C38H67N7O10S/c1-11-15-21-38(20-14-4,22-16-12-2)44(23-17-13-3)54-56(49,50)55-45-28-18-19-29(42(26-28)34(45)47)31-40-41-32(51-31)30-24-27(39-33(46)52-36(5,6)7)25-43(30)35(48)53-37(8,9)10/h27-30H,11-26H2,1-10H3,(H,39,46)/t27-,28+,29+,30-/m1/s1. The monoisotopic (exact) mass is 813 g/mol. The first-order chi connectivity index (χ1) is 26.2. The van der Waals surface area contributed by atoms with Crippen LogP contribution in [0.5, 0.6) is 0 Å². The number of unbranched alkanes of at least 4 members (excludes halogenated alkanes) is 3. The van der Waals surface area contributed by atoms with Gasteiger partial charge in [-0.3, -0.25) is 4.90 Å². The van der Waals surface area contributed by atoms with Crippen LogP contribution in [0, 0.1) is 0 Å². The maximum Gasteiger partial charge on any atom is 0.437 e. The number of carbonyl (C=O) groups is 3. The molecule has 4 rings (SSSR count). The fourth-order valence-corrected chi connectivity index (χ4v) is 8.64. The highest BCUT2D eigenvalue weighted by atomic mass is 32.3. The van der Waals surface area contributed by atoms with Crippen molar-refractivity contribution in [2.75, 3.05) is 19.6 Å². The lowest BCUT2D eigenvalue weighted by molar-refractivity contribution is -0.172. The van der Waals surface area contributed by atoms with E-state index in [9.17, 15) is 22.8 Å². The maximum atomic E-state index is 13.9. The zero-order valence-corrected chi connectivity index (χ0v) is 36.1. The van der Waals surface area contributed by atoms with Crippen LogP contribution >= 0.6 is 0 Å². The van der Waals surface area contributed by atoms with Gasteiger partial charge in [-0.25, -0.2) is 14.4 Å². The van der Waals surface area contributed by atoms with E-state index >= 15 is 0 Å².